The fourth-order valence-corrected chi connectivity index (χ4v) is 4.67. The number of nitrogens with zero attached hydrogens (tertiary/aromatic N) is 2. The molecule has 0 radical (unpaired) electrons. The highest BCUT2D eigenvalue weighted by Gasteiger charge is 2.35. The number of benzene rings is 1. The number of thiazole rings is 1. The van der Waals surface area contributed by atoms with Gasteiger partial charge in [0.05, 0.1) is 12.2 Å². The zero-order chi connectivity index (χ0) is 20.0. The number of aryl methyl sites for hydroxylation is 1. The number of nitrogens with one attached hydrogen (secondary N) is 2. The quantitative estimate of drug-likeness (QED) is 0.327. The van der Waals surface area contributed by atoms with Gasteiger partial charge in [-0.15, -0.1) is 35.3 Å². The molecule has 0 spiro atoms. The molecule has 0 atom stereocenters. The molecule has 0 amide bonds. The lowest BCUT2D eigenvalue weighted by molar-refractivity contribution is 0.0512. The smallest absolute Gasteiger partial charge is 0.191 e. The third-order valence-corrected chi connectivity index (χ3v) is 6.42. The molecule has 0 bridgehead atoms. The Kier molecular flexibility index (Phi) is 9.36. The van der Waals surface area contributed by atoms with Crippen molar-refractivity contribution in [2.75, 3.05) is 26.8 Å². The van der Waals surface area contributed by atoms with E-state index in [0.717, 1.165) is 49.3 Å². The van der Waals surface area contributed by atoms with Crippen LogP contribution in [-0.2, 0) is 16.7 Å². The Morgan fingerprint density at radius 3 is 2.59 bits per heavy atom. The van der Waals surface area contributed by atoms with Gasteiger partial charge in [0, 0.05) is 37.6 Å². The zero-order valence-corrected chi connectivity index (χ0v) is 21.0. The first-order valence-electron chi connectivity index (χ1n) is 10.1. The highest BCUT2D eigenvalue weighted by molar-refractivity contribution is 14.0. The minimum atomic E-state index is 0. The van der Waals surface area contributed by atoms with Gasteiger partial charge >= 0.3 is 0 Å². The van der Waals surface area contributed by atoms with Crippen LogP contribution in [0.2, 0.25) is 0 Å². The van der Waals surface area contributed by atoms with E-state index >= 15 is 0 Å². The molecule has 1 aliphatic heterocycles. The summed E-state index contributed by atoms with van der Waals surface area (Å²) in [6.45, 7) is 9.69. The van der Waals surface area contributed by atoms with Crippen LogP contribution in [0.25, 0.3) is 0 Å². The number of aromatic nitrogens is 1. The van der Waals surface area contributed by atoms with Gasteiger partial charge in [0.2, 0.25) is 0 Å². The second-order valence-corrected chi connectivity index (χ2v) is 8.75. The van der Waals surface area contributed by atoms with Crippen LogP contribution < -0.4 is 10.6 Å². The van der Waals surface area contributed by atoms with Crippen LogP contribution in [0.15, 0.2) is 34.6 Å². The molecule has 2 N–H and O–H groups in total. The van der Waals surface area contributed by atoms with E-state index in [1.54, 1.807) is 11.3 Å². The number of halogens is 1. The van der Waals surface area contributed by atoms with Crippen LogP contribution >= 0.6 is 35.3 Å². The summed E-state index contributed by atoms with van der Waals surface area (Å²) in [7, 11) is 1.82. The Hall–Kier alpha value is -1.19. The van der Waals surface area contributed by atoms with Gasteiger partial charge in [0.25, 0.3) is 0 Å². The van der Waals surface area contributed by atoms with E-state index in [1.165, 1.54) is 11.1 Å². The van der Waals surface area contributed by atoms with E-state index in [2.05, 4.69) is 66.0 Å². The number of ether oxygens (including phenoxy) is 1. The van der Waals surface area contributed by atoms with Crippen molar-refractivity contribution >= 4 is 41.3 Å². The summed E-state index contributed by atoms with van der Waals surface area (Å²) < 4.78 is 5.67. The van der Waals surface area contributed by atoms with Crippen molar-refractivity contribution < 1.29 is 4.74 Å². The Morgan fingerprint density at radius 2 is 1.97 bits per heavy atom. The van der Waals surface area contributed by atoms with Gasteiger partial charge in [-0.25, -0.2) is 4.98 Å². The molecular formula is C22H33IN4OS. The van der Waals surface area contributed by atoms with Crippen LogP contribution in [-0.4, -0.2) is 37.7 Å². The van der Waals surface area contributed by atoms with Gasteiger partial charge in [-0.1, -0.05) is 38.1 Å². The normalized spacial score (nSPS) is 16.4. The van der Waals surface area contributed by atoms with Crippen molar-refractivity contribution in [3.05, 3.63) is 51.5 Å². The molecule has 2 aromatic rings. The lowest BCUT2D eigenvalue weighted by Crippen LogP contribution is -2.48. The molecular weight excluding hydrogens is 495 g/mol. The summed E-state index contributed by atoms with van der Waals surface area (Å²) in [5.41, 5.74) is 4.00. The second kappa shape index (κ2) is 11.3. The molecule has 160 valence electrons. The molecule has 5 nitrogen and oxygen atoms in total. The van der Waals surface area contributed by atoms with Crippen LogP contribution in [0, 0.1) is 6.92 Å². The minimum absolute atomic E-state index is 0. The summed E-state index contributed by atoms with van der Waals surface area (Å²) in [6, 6.07) is 8.72. The summed E-state index contributed by atoms with van der Waals surface area (Å²) in [6.07, 6.45) is 2.04. The third kappa shape index (κ3) is 6.15. The van der Waals surface area contributed by atoms with Gasteiger partial charge in [-0.3, -0.25) is 4.99 Å². The molecule has 1 aliphatic rings. The summed E-state index contributed by atoms with van der Waals surface area (Å²) in [4.78, 5) is 9.11. The molecule has 1 fully saturated rings. The van der Waals surface area contributed by atoms with E-state index in [1.807, 2.05) is 7.05 Å². The maximum absolute atomic E-state index is 5.67. The molecule has 0 saturated carbocycles. The lowest BCUT2D eigenvalue weighted by atomic mass is 9.72. The molecule has 7 heteroatoms. The predicted molar refractivity (Wildman–Crippen MR) is 133 cm³/mol. The molecule has 1 saturated heterocycles. The summed E-state index contributed by atoms with van der Waals surface area (Å²) in [5.74, 6) is 1.28. The molecule has 0 aliphatic carbocycles. The fraction of sp³-hybridized carbons (Fsp3) is 0.545. The Morgan fingerprint density at radius 1 is 1.24 bits per heavy atom. The fourth-order valence-electron chi connectivity index (χ4n) is 3.78. The van der Waals surface area contributed by atoms with Crippen molar-refractivity contribution in [2.45, 2.75) is 51.5 Å². The predicted octanol–water partition coefficient (Wildman–Crippen LogP) is 4.61. The van der Waals surface area contributed by atoms with Crippen molar-refractivity contribution in [2.24, 2.45) is 4.99 Å². The number of guanidine groups is 1. The van der Waals surface area contributed by atoms with Crippen LogP contribution in [0.5, 0.6) is 0 Å². The van der Waals surface area contributed by atoms with Gasteiger partial charge in [0.1, 0.15) is 5.01 Å². The summed E-state index contributed by atoms with van der Waals surface area (Å²) >= 11 is 1.70. The molecule has 1 aromatic heterocycles. The first-order chi connectivity index (χ1) is 13.5. The van der Waals surface area contributed by atoms with Crippen molar-refractivity contribution in [3.8, 4) is 0 Å². The number of hydrogen-bond acceptors (Lipinski definition) is 4. The maximum atomic E-state index is 5.67. The van der Waals surface area contributed by atoms with Gasteiger partial charge in [-0.2, -0.15) is 0 Å². The first kappa shape index (κ1) is 24.1. The van der Waals surface area contributed by atoms with Crippen molar-refractivity contribution in [1.29, 1.82) is 0 Å². The highest BCUT2D eigenvalue weighted by Crippen LogP contribution is 2.36. The largest absolute Gasteiger partial charge is 0.381 e. The number of rotatable bonds is 6. The first-order valence-corrected chi connectivity index (χ1v) is 10.9. The molecule has 3 rings (SSSR count). The van der Waals surface area contributed by atoms with Gasteiger partial charge in [0.15, 0.2) is 5.96 Å². The highest BCUT2D eigenvalue weighted by atomic mass is 127. The second-order valence-electron chi connectivity index (χ2n) is 7.81. The van der Waals surface area contributed by atoms with Crippen LogP contribution in [0.4, 0.5) is 0 Å². The van der Waals surface area contributed by atoms with E-state index in [9.17, 15) is 0 Å². The van der Waals surface area contributed by atoms with Crippen LogP contribution in [0.1, 0.15) is 54.4 Å². The number of aliphatic imine (C=N–C) groups is 1. The topological polar surface area (TPSA) is 58.5 Å². The lowest BCUT2D eigenvalue weighted by Gasteiger charge is -2.39. The molecule has 0 unspecified atom stereocenters. The Bertz CT molecular complexity index is 800. The Balaban J connectivity index is 0.00000300. The Labute approximate surface area is 195 Å². The standard InChI is InChI=1S/C22H32N4OS.HI/c1-16(2)19-14-28-20(26-19)13-24-21(23-4)25-15-22(9-11-27-12-10-22)18-8-6-5-7-17(18)3;/h5-8,14,16H,9-13,15H2,1-4H3,(H2,23,24,25);1H. The monoisotopic (exact) mass is 528 g/mol. The molecule has 2 heterocycles. The average molecular weight is 529 g/mol. The SMILES string of the molecule is CN=C(NCc1nc(C(C)C)cs1)NCC1(c2ccccc2C)CCOCC1.I. The third-order valence-electron chi connectivity index (χ3n) is 5.55. The molecule has 1 aromatic carbocycles. The van der Waals surface area contributed by atoms with E-state index in [0.29, 0.717) is 12.5 Å². The average Bonchev–Trinajstić information content (AvgIpc) is 3.18. The maximum Gasteiger partial charge on any atom is 0.191 e. The summed E-state index contributed by atoms with van der Waals surface area (Å²) in [5, 5.41) is 10.2. The van der Waals surface area contributed by atoms with E-state index in [4.69, 9.17) is 9.72 Å². The number of hydrogen-bond donors (Lipinski definition) is 2. The minimum Gasteiger partial charge on any atom is -0.381 e. The van der Waals surface area contributed by atoms with E-state index < -0.39 is 0 Å². The van der Waals surface area contributed by atoms with E-state index in [-0.39, 0.29) is 29.4 Å². The van der Waals surface area contributed by atoms with Crippen molar-refractivity contribution in [1.82, 2.24) is 15.6 Å². The van der Waals surface area contributed by atoms with Gasteiger partial charge in [-0.05, 0) is 36.8 Å². The zero-order valence-electron chi connectivity index (χ0n) is 17.8. The van der Waals surface area contributed by atoms with Crippen LogP contribution in [0.3, 0.4) is 0 Å². The molecule has 29 heavy (non-hydrogen) atoms. The van der Waals surface area contributed by atoms with Crippen molar-refractivity contribution in [3.63, 3.8) is 0 Å². The van der Waals surface area contributed by atoms with Gasteiger partial charge < -0.3 is 15.4 Å².